The van der Waals surface area contributed by atoms with Crippen LogP contribution < -0.4 is 10.6 Å². The minimum absolute atomic E-state index is 0. The first kappa shape index (κ1) is 20.8. The third-order valence-electron chi connectivity index (χ3n) is 3.45. The van der Waals surface area contributed by atoms with Gasteiger partial charge in [0.25, 0.3) is 0 Å². The molecule has 0 spiro atoms. The number of carbonyl (C=O) groups is 2. The van der Waals surface area contributed by atoms with E-state index in [9.17, 15) is 9.59 Å². The number of ether oxygens (including phenoxy) is 2. The van der Waals surface area contributed by atoms with Crippen LogP contribution in [0.25, 0.3) is 0 Å². The van der Waals surface area contributed by atoms with Crippen LogP contribution in [0, 0.1) is 6.92 Å². The summed E-state index contributed by atoms with van der Waals surface area (Å²) in [6.07, 6.45) is 0.361. The molecule has 2 rings (SSSR count). The second-order valence-corrected chi connectivity index (χ2v) is 6.44. The van der Waals surface area contributed by atoms with Crippen molar-refractivity contribution in [3.05, 3.63) is 15.6 Å². The number of hydrogen-bond acceptors (Lipinski definition) is 7. The minimum atomic E-state index is -0.365. The van der Waals surface area contributed by atoms with Gasteiger partial charge in [-0.15, -0.1) is 23.7 Å². The molecule has 1 fully saturated rings. The number of thiazole rings is 1. The van der Waals surface area contributed by atoms with Gasteiger partial charge in [0, 0.05) is 19.0 Å². The van der Waals surface area contributed by atoms with Crippen LogP contribution in [0.3, 0.4) is 0 Å². The van der Waals surface area contributed by atoms with Crippen molar-refractivity contribution >= 4 is 35.6 Å². The standard InChI is InChI=1S/C15H23N3O4S.ClH/c1-4-22-15(20)13-9(2)18-14(23-13)10(3)17-12(19)7-11-8-21-6-5-16-11;/h10-11,16H,4-8H2,1-3H3,(H,17,19);1H. The molecule has 2 atom stereocenters. The Bertz CT molecular complexity index is 561. The molecule has 9 heteroatoms. The lowest BCUT2D eigenvalue weighted by atomic mass is 10.2. The Hall–Kier alpha value is -1.22. The molecule has 7 nitrogen and oxygen atoms in total. The van der Waals surface area contributed by atoms with Crippen LogP contribution in [0.2, 0.25) is 0 Å². The molecule has 0 aliphatic carbocycles. The van der Waals surface area contributed by atoms with Crippen molar-refractivity contribution in [2.24, 2.45) is 0 Å². The highest BCUT2D eigenvalue weighted by Gasteiger charge is 2.22. The topological polar surface area (TPSA) is 89.5 Å². The Balaban J connectivity index is 0.00000288. The van der Waals surface area contributed by atoms with E-state index in [1.807, 2.05) is 6.92 Å². The predicted octanol–water partition coefficient (Wildman–Crippen LogP) is 1.61. The van der Waals surface area contributed by atoms with Gasteiger partial charge in [0.1, 0.15) is 9.88 Å². The Morgan fingerprint density at radius 1 is 1.54 bits per heavy atom. The summed E-state index contributed by atoms with van der Waals surface area (Å²) >= 11 is 1.26. The fourth-order valence-corrected chi connectivity index (χ4v) is 3.29. The number of carbonyl (C=O) groups excluding carboxylic acids is 2. The highest BCUT2D eigenvalue weighted by molar-refractivity contribution is 7.13. The fraction of sp³-hybridized carbons (Fsp3) is 0.667. The van der Waals surface area contributed by atoms with Crippen molar-refractivity contribution in [1.82, 2.24) is 15.6 Å². The van der Waals surface area contributed by atoms with Gasteiger partial charge < -0.3 is 20.1 Å². The Morgan fingerprint density at radius 2 is 2.29 bits per heavy atom. The van der Waals surface area contributed by atoms with E-state index < -0.39 is 0 Å². The summed E-state index contributed by atoms with van der Waals surface area (Å²) in [6, 6.07) is -0.206. The first-order chi connectivity index (χ1) is 11.0. The quantitative estimate of drug-likeness (QED) is 0.732. The van der Waals surface area contributed by atoms with Gasteiger partial charge in [0.05, 0.1) is 31.6 Å². The number of morpholine rings is 1. The third-order valence-corrected chi connectivity index (χ3v) is 4.77. The number of amides is 1. The van der Waals surface area contributed by atoms with Crippen molar-refractivity contribution in [3.63, 3.8) is 0 Å². The van der Waals surface area contributed by atoms with Crippen LogP contribution in [-0.2, 0) is 14.3 Å². The number of nitrogens with zero attached hydrogens (tertiary/aromatic N) is 1. The van der Waals surface area contributed by atoms with Gasteiger partial charge in [0.2, 0.25) is 5.91 Å². The first-order valence-corrected chi connectivity index (χ1v) is 8.57. The van der Waals surface area contributed by atoms with Crippen molar-refractivity contribution < 1.29 is 19.1 Å². The summed E-state index contributed by atoms with van der Waals surface area (Å²) in [7, 11) is 0. The lowest BCUT2D eigenvalue weighted by Crippen LogP contribution is -2.44. The van der Waals surface area contributed by atoms with Crippen LogP contribution in [0.15, 0.2) is 0 Å². The summed E-state index contributed by atoms with van der Waals surface area (Å²) in [6.45, 7) is 7.71. The van der Waals surface area contributed by atoms with E-state index in [2.05, 4.69) is 15.6 Å². The molecule has 0 bridgehead atoms. The molecule has 1 aliphatic rings. The predicted molar refractivity (Wildman–Crippen MR) is 93.8 cm³/mol. The fourth-order valence-electron chi connectivity index (χ4n) is 2.33. The highest BCUT2D eigenvalue weighted by Crippen LogP contribution is 2.24. The molecule has 2 heterocycles. The smallest absolute Gasteiger partial charge is 0.350 e. The van der Waals surface area contributed by atoms with Crippen LogP contribution in [-0.4, -0.2) is 49.3 Å². The molecule has 1 amide bonds. The molecular weight excluding hydrogens is 354 g/mol. The molecule has 2 unspecified atom stereocenters. The molecule has 0 aromatic carbocycles. The number of aryl methyl sites for hydroxylation is 1. The van der Waals surface area contributed by atoms with Crippen LogP contribution in [0.5, 0.6) is 0 Å². The second-order valence-electron chi connectivity index (χ2n) is 5.41. The third kappa shape index (κ3) is 5.70. The number of hydrogen-bond donors (Lipinski definition) is 2. The molecule has 1 aromatic heterocycles. The number of esters is 1. The number of aromatic nitrogens is 1. The van der Waals surface area contributed by atoms with Gasteiger partial charge in [-0.05, 0) is 20.8 Å². The maximum atomic E-state index is 12.1. The van der Waals surface area contributed by atoms with Crippen molar-refractivity contribution in [3.8, 4) is 0 Å². The van der Waals surface area contributed by atoms with Gasteiger partial charge in [-0.1, -0.05) is 0 Å². The minimum Gasteiger partial charge on any atom is -0.462 e. The van der Waals surface area contributed by atoms with Crippen LogP contribution >= 0.6 is 23.7 Å². The van der Waals surface area contributed by atoms with Gasteiger partial charge in [0.15, 0.2) is 0 Å². The molecule has 2 N–H and O–H groups in total. The van der Waals surface area contributed by atoms with E-state index in [1.165, 1.54) is 11.3 Å². The summed E-state index contributed by atoms with van der Waals surface area (Å²) in [4.78, 5) is 28.8. The Labute approximate surface area is 151 Å². The molecular formula is C15H24ClN3O4S. The summed E-state index contributed by atoms with van der Waals surface area (Å²) in [5.41, 5.74) is 0.631. The average Bonchev–Trinajstić information content (AvgIpc) is 2.90. The summed E-state index contributed by atoms with van der Waals surface area (Å²) < 4.78 is 10.3. The lowest BCUT2D eigenvalue weighted by molar-refractivity contribution is -0.122. The zero-order chi connectivity index (χ0) is 16.8. The molecule has 0 radical (unpaired) electrons. The molecule has 1 saturated heterocycles. The number of halogens is 1. The van der Waals surface area contributed by atoms with E-state index in [-0.39, 0.29) is 36.4 Å². The highest BCUT2D eigenvalue weighted by atomic mass is 35.5. The maximum absolute atomic E-state index is 12.1. The summed E-state index contributed by atoms with van der Waals surface area (Å²) in [5, 5.41) is 6.86. The molecule has 24 heavy (non-hydrogen) atoms. The van der Waals surface area contributed by atoms with E-state index in [0.717, 1.165) is 6.54 Å². The normalized spacial score (nSPS) is 18.4. The molecule has 136 valence electrons. The molecule has 0 saturated carbocycles. The van der Waals surface area contributed by atoms with E-state index in [4.69, 9.17) is 9.47 Å². The summed E-state index contributed by atoms with van der Waals surface area (Å²) in [5.74, 6) is -0.429. The van der Waals surface area contributed by atoms with Gasteiger partial charge >= 0.3 is 5.97 Å². The van der Waals surface area contributed by atoms with E-state index in [0.29, 0.717) is 41.8 Å². The van der Waals surface area contributed by atoms with Crippen molar-refractivity contribution in [1.29, 1.82) is 0 Å². The van der Waals surface area contributed by atoms with Gasteiger partial charge in [-0.3, -0.25) is 4.79 Å². The Morgan fingerprint density at radius 3 is 2.92 bits per heavy atom. The maximum Gasteiger partial charge on any atom is 0.350 e. The van der Waals surface area contributed by atoms with Crippen LogP contribution in [0.4, 0.5) is 0 Å². The Kier molecular flexibility index (Phi) is 8.61. The average molecular weight is 378 g/mol. The van der Waals surface area contributed by atoms with Crippen LogP contribution in [0.1, 0.15) is 46.7 Å². The molecule has 1 aliphatic heterocycles. The SMILES string of the molecule is CCOC(=O)c1sc(C(C)NC(=O)CC2COCCN2)nc1C.Cl. The number of rotatable bonds is 6. The second kappa shape index (κ2) is 9.93. The van der Waals surface area contributed by atoms with Gasteiger partial charge in [-0.25, -0.2) is 9.78 Å². The zero-order valence-electron chi connectivity index (χ0n) is 14.1. The number of nitrogens with one attached hydrogen (secondary N) is 2. The van der Waals surface area contributed by atoms with Gasteiger partial charge in [-0.2, -0.15) is 0 Å². The van der Waals surface area contributed by atoms with Crippen molar-refractivity contribution in [2.75, 3.05) is 26.4 Å². The lowest BCUT2D eigenvalue weighted by Gasteiger charge is -2.23. The van der Waals surface area contributed by atoms with E-state index >= 15 is 0 Å². The largest absolute Gasteiger partial charge is 0.462 e. The van der Waals surface area contributed by atoms with E-state index in [1.54, 1.807) is 13.8 Å². The monoisotopic (exact) mass is 377 g/mol. The molecule has 1 aromatic rings. The first-order valence-electron chi connectivity index (χ1n) is 7.76. The van der Waals surface area contributed by atoms with Crippen molar-refractivity contribution in [2.45, 2.75) is 39.3 Å². The zero-order valence-corrected chi connectivity index (χ0v) is 15.7.